The van der Waals surface area contributed by atoms with Crippen molar-refractivity contribution in [1.82, 2.24) is 19.5 Å². The Labute approximate surface area is 137 Å². The van der Waals surface area contributed by atoms with Gasteiger partial charge in [-0.25, -0.2) is 9.97 Å². The normalized spacial score (nSPS) is 11.8. The lowest BCUT2D eigenvalue weighted by Gasteiger charge is -2.22. The third kappa shape index (κ3) is 3.97. The Morgan fingerprint density at radius 1 is 1.21 bits per heavy atom. The molecule has 1 atom stereocenters. The van der Waals surface area contributed by atoms with Crippen molar-refractivity contribution in [3.63, 3.8) is 0 Å². The second-order valence-electron chi connectivity index (χ2n) is 5.45. The van der Waals surface area contributed by atoms with Crippen molar-refractivity contribution in [2.24, 2.45) is 5.92 Å². The van der Waals surface area contributed by atoms with Gasteiger partial charge in [-0.1, -0.05) is 19.9 Å². The molecule has 0 radical (unpaired) electrons. The summed E-state index contributed by atoms with van der Waals surface area (Å²) in [4.78, 5) is 29.4. The lowest BCUT2D eigenvalue weighted by atomic mass is 9.95. The SMILES string of the molecule is CC(C)C(c1ccc2nc[nH]c2c1)n1ccnc1.O=C([O-])C(=O)[O-]. The van der Waals surface area contributed by atoms with E-state index in [4.69, 9.17) is 19.8 Å². The van der Waals surface area contributed by atoms with Gasteiger partial charge in [-0.3, -0.25) is 0 Å². The maximum atomic E-state index is 8.93. The van der Waals surface area contributed by atoms with Gasteiger partial charge < -0.3 is 29.4 Å². The number of rotatable bonds is 3. The van der Waals surface area contributed by atoms with Gasteiger partial charge in [0, 0.05) is 12.4 Å². The summed E-state index contributed by atoms with van der Waals surface area (Å²) in [6.07, 6.45) is 7.45. The zero-order valence-electron chi connectivity index (χ0n) is 13.2. The highest BCUT2D eigenvalue weighted by molar-refractivity contribution is 6.25. The van der Waals surface area contributed by atoms with Gasteiger partial charge in [0.15, 0.2) is 0 Å². The van der Waals surface area contributed by atoms with Crippen LogP contribution in [0.5, 0.6) is 0 Å². The lowest BCUT2D eigenvalue weighted by molar-refractivity contribution is -0.345. The predicted octanol–water partition coefficient (Wildman–Crippen LogP) is -0.509. The molecule has 0 aliphatic carbocycles. The van der Waals surface area contributed by atoms with Crippen molar-refractivity contribution in [2.75, 3.05) is 0 Å². The number of carbonyl (C=O) groups is 2. The minimum absolute atomic E-state index is 0.306. The number of aromatic nitrogens is 4. The van der Waals surface area contributed by atoms with E-state index in [1.807, 2.05) is 18.7 Å². The molecule has 0 bridgehead atoms. The second-order valence-corrected chi connectivity index (χ2v) is 5.45. The molecule has 2 heterocycles. The van der Waals surface area contributed by atoms with Crippen LogP contribution in [0, 0.1) is 5.92 Å². The number of hydrogen-bond donors (Lipinski definition) is 1. The maximum absolute atomic E-state index is 8.93. The van der Waals surface area contributed by atoms with Gasteiger partial charge in [0.1, 0.15) is 0 Å². The molecule has 8 nitrogen and oxygen atoms in total. The fourth-order valence-corrected chi connectivity index (χ4v) is 2.47. The van der Waals surface area contributed by atoms with E-state index < -0.39 is 11.9 Å². The monoisotopic (exact) mass is 328 g/mol. The Kier molecular flexibility index (Phi) is 5.31. The number of carboxylic acids is 2. The van der Waals surface area contributed by atoms with Gasteiger partial charge in [-0.05, 0) is 23.6 Å². The molecule has 0 aliphatic rings. The molecular weight excluding hydrogens is 312 g/mol. The smallest absolute Gasteiger partial charge is 0.0951 e. The summed E-state index contributed by atoms with van der Waals surface area (Å²) in [5.41, 5.74) is 3.37. The Balaban J connectivity index is 0.000000301. The van der Waals surface area contributed by atoms with Crippen LogP contribution in [0.1, 0.15) is 25.5 Å². The Hall–Kier alpha value is -3.16. The summed E-state index contributed by atoms with van der Waals surface area (Å²) >= 11 is 0. The molecule has 1 N–H and O–H groups in total. The number of carboxylic acid groups (broad SMARTS) is 2. The van der Waals surface area contributed by atoms with Crippen LogP contribution < -0.4 is 10.2 Å². The minimum atomic E-state index is -2.19. The first-order valence-electron chi connectivity index (χ1n) is 7.23. The zero-order valence-corrected chi connectivity index (χ0v) is 13.2. The standard InChI is InChI=1S/C14H16N4.C2H2O4/c1-10(2)14(18-6-5-15-9-18)11-3-4-12-13(7-11)17-8-16-12;3-1(4)2(5)6/h3-10,14H,1-2H3,(H,16,17);(H,3,4)(H,5,6)/p-2. The highest BCUT2D eigenvalue weighted by atomic mass is 16.4. The predicted molar refractivity (Wildman–Crippen MR) is 81.3 cm³/mol. The highest BCUT2D eigenvalue weighted by Gasteiger charge is 2.17. The van der Waals surface area contributed by atoms with Crippen LogP contribution in [0.2, 0.25) is 0 Å². The van der Waals surface area contributed by atoms with Crippen LogP contribution in [0.15, 0.2) is 43.2 Å². The van der Waals surface area contributed by atoms with Gasteiger partial charge in [0.05, 0.1) is 41.7 Å². The number of hydrogen-bond acceptors (Lipinski definition) is 6. The number of benzene rings is 1. The van der Waals surface area contributed by atoms with Crippen LogP contribution in [-0.2, 0) is 9.59 Å². The topological polar surface area (TPSA) is 127 Å². The van der Waals surface area contributed by atoms with Gasteiger partial charge in [-0.2, -0.15) is 0 Å². The van der Waals surface area contributed by atoms with Gasteiger partial charge in [-0.15, -0.1) is 0 Å². The molecule has 24 heavy (non-hydrogen) atoms. The number of nitrogens with zero attached hydrogens (tertiary/aromatic N) is 3. The summed E-state index contributed by atoms with van der Waals surface area (Å²) in [6.45, 7) is 4.45. The number of aliphatic carboxylic acids is 2. The molecule has 0 aliphatic heterocycles. The third-order valence-corrected chi connectivity index (χ3v) is 3.43. The molecule has 1 unspecified atom stereocenters. The maximum Gasteiger partial charge on any atom is 0.0951 e. The van der Waals surface area contributed by atoms with Crippen molar-refractivity contribution in [3.05, 3.63) is 48.8 Å². The molecule has 1 aromatic carbocycles. The van der Waals surface area contributed by atoms with Crippen molar-refractivity contribution in [1.29, 1.82) is 0 Å². The fraction of sp³-hybridized carbons (Fsp3) is 0.250. The average Bonchev–Trinajstić information content (AvgIpc) is 3.18. The molecule has 0 saturated carbocycles. The van der Waals surface area contributed by atoms with Crippen LogP contribution in [0.25, 0.3) is 11.0 Å². The van der Waals surface area contributed by atoms with Crippen molar-refractivity contribution < 1.29 is 19.8 Å². The van der Waals surface area contributed by atoms with Crippen molar-refractivity contribution in [3.8, 4) is 0 Å². The average molecular weight is 328 g/mol. The molecule has 8 heteroatoms. The van der Waals surface area contributed by atoms with E-state index in [2.05, 4.69) is 51.6 Å². The second kappa shape index (κ2) is 7.40. The largest absolute Gasteiger partial charge is 0.543 e. The van der Waals surface area contributed by atoms with E-state index in [9.17, 15) is 0 Å². The molecule has 3 aromatic rings. The van der Waals surface area contributed by atoms with E-state index >= 15 is 0 Å². The van der Waals surface area contributed by atoms with E-state index in [1.54, 1.807) is 6.33 Å². The number of fused-ring (bicyclic) bond motifs is 1. The van der Waals surface area contributed by atoms with E-state index in [0.717, 1.165) is 11.0 Å². The summed E-state index contributed by atoms with van der Waals surface area (Å²) in [6, 6.07) is 6.69. The summed E-state index contributed by atoms with van der Waals surface area (Å²) in [7, 11) is 0. The first-order chi connectivity index (χ1) is 11.4. The van der Waals surface area contributed by atoms with Crippen LogP contribution in [0.3, 0.4) is 0 Å². The molecular formula is C16H16N4O4-2. The summed E-state index contributed by atoms with van der Waals surface area (Å²) in [5.74, 6) is -3.87. The van der Waals surface area contributed by atoms with Crippen LogP contribution >= 0.6 is 0 Å². The van der Waals surface area contributed by atoms with Crippen molar-refractivity contribution in [2.45, 2.75) is 19.9 Å². The Bertz CT molecular complexity index is 812. The fourth-order valence-electron chi connectivity index (χ4n) is 2.47. The molecule has 0 spiro atoms. The Morgan fingerprint density at radius 3 is 2.46 bits per heavy atom. The zero-order chi connectivity index (χ0) is 17.7. The third-order valence-electron chi connectivity index (χ3n) is 3.43. The highest BCUT2D eigenvalue weighted by Crippen LogP contribution is 2.27. The first kappa shape index (κ1) is 17.2. The number of H-pyrrole nitrogens is 1. The number of carbonyl (C=O) groups excluding carboxylic acids is 2. The quantitative estimate of drug-likeness (QED) is 0.645. The van der Waals surface area contributed by atoms with E-state index in [-0.39, 0.29) is 0 Å². The number of nitrogens with one attached hydrogen (secondary N) is 1. The van der Waals surface area contributed by atoms with Gasteiger partial charge in [0.25, 0.3) is 0 Å². The summed E-state index contributed by atoms with van der Waals surface area (Å²) in [5, 5.41) is 17.9. The molecule has 0 amide bonds. The lowest BCUT2D eigenvalue weighted by Crippen LogP contribution is -2.42. The molecule has 3 rings (SSSR count). The van der Waals surface area contributed by atoms with Crippen molar-refractivity contribution >= 4 is 23.0 Å². The summed E-state index contributed by atoms with van der Waals surface area (Å²) < 4.78 is 2.15. The van der Waals surface area contributed by atoms with Gasteiger partial charge in [0.2, 0.25) is 0 Å². The minimum Gasteiger partial charge on any atom is -0.543 e. The number of aromatic amines is 1. The van der Waals surface area contributed by atoms with Gasteiger partial charge >= 0.3 is 0 Å². The van der Waals surface area contributed by atoms with Crippen LogP contribution in [-0.4, -0.2) is 31.5 Å². The molecule has 2 aromatic heterocycles. The van der Waals surface area contributed by atoms with Crippen LogP contribution in [0.4, 0.5) is 0 Å². The molecule has 126 valence electrons. The number of imidazole rings is 2. The Morgan fingerprint density at radius 2 is 1.92 bits per heavy atom. The van der Waals surface area contributed by atoms with E-state index in [0.29, 0.717) is 12.0 Å². The first-order valence-corrected chi connectivity index (χ1v) is 7.23. The van der Waals surface area contributed by atoms with E-state index in [1.165, 1.54) is 5.56 Å². The molecule has 0 saturated heterocycles. The molecule has 0 fully saturated rings.